The molecule has 0 N–H and O–H groups in total. The zero-order chi connectivity index (χ0) is 13.1. The average molecular weight is 256 g/mol. The predicted octanol–water partition coefficient (Wildman–Crippen LogP) is 1.20. The van der Waals surface area contributed by atoms with Crippen molar-refractivity contribution in [2.24, 2.45) is 0 Å². The van der Waals surface area contributed by atoms with Crippen molar-refractivity contribution in [2.75, 3.05) is 40.5 Å². The zero-order valence-electron chi connectivity index (χ0n) is 12.3. The second-order valence-electron chi connectivity index (χ2n) is 5.99. The lowest BCUT2D eigenvalue weighted by Crippen LogP contribution is -2.51. The van der Waals surface area contributed by atoms with Crippen LogP contribution < -0.4 is 0 Å². The third kappa shape index (κ3) is 3.23. The summed E-state index contributed by atoms with van der Waals surface area (Å²) in [5.74, 6) is 0. The fourth-order valence-corrected chi connectivity index (χ4v) is 2.90. The van der Waals surface area contributed by atoms with Crippen molar-refractivity contribution >= 4 is 0 Å². The van der Waals surface area contributed by atoms with Gasteiger partial charge in [0.05, 0.1) is 26.4 Å². The summed E-state index contributed by atoms with van der Waals surface area (Å²) >= 11 is 0. The van der Waals surface area contributed by atoms with Gasteiger partial charge in [-0.1, -0.05) is 0 Å². The predicted molar refractivity (Wildman–Crippen MR) is 72.9 cm³/mol. The van der Waals surface area contributed by atoms with Gasteiger partial charge in [-0.25, -0.2) is 0 Å². The molecule has 0 amide bonds. The summed E-state index contributed by atoms with van der Waals surface area (Å²) in [5, 5.41) is 0. The molecule has 0 aromatic rings. The van der Waals surface area contributed by atoms with Gasteiger partial charge < -0.3 is 9.47 Å². The fraction of sp³-hybridized carbons (Fsp3) is 1.00. The van der Waals surface area contributed by atoms with E-state index in [0.717, 1.165) is 26.4 Å². The summed E-state index contributed by atoms with van der Waals surface area (Å²) in [6, 6.07) is 2.23. The van der Waals surface area contributed by atoms with Crippen molar-refractivity contribution in [2.45, 2.75) is 50.9 Å². The molecule has 4 heteroatoms. The number of likely N-dealkylation sites (N-methyl/N-ethyl adjacent to an activating group) is 2. The Morgan fingerprint density at radius 1 is 0.778 bits per heavy atom. The molecule has 18 heavy (non-hydrogen) atoms. The van der Waals surface area contributed by atoms with Gasteiger partial charge in [0.25, 0.3) is 0 Å². The van der Waals surface area contributed by atoms with E-state index in [4.69, 9.17) is 9.47 Å². The van der Waals surface area contributed by atoms with E-state index >= 15 is 0 Å². The van der Waals surface area contributed by atoms with Crippen LogP contribution in [-0.4, -0.2) is 74.5 Å². The summed E-state index contributed by atoms with van der Waals surface area (Å²) in [5.41, 5.74) is 0. The first kappa shape index (κ1) is 14.3. The van der Waals surface area contributed by atoms with Crippen LogP contribution in [0.25, 0.3) is 0 Å². The SMILES string of the molecule is C[C@H]1COC[C@@H](CC[C@H]2COC[C@H](C)N2C)N1C. The monoisotopic (exact) mass is 256 g/mol. The molecule has 2 rings (SSSR count). The maximum Gasteiger partial charge on any atom is 0.0622 e. The smallest absolute Gasteiger partial charge is 0.0622 e. The average Bonchev–Trinajstić information content (AvgIpc) is 2.36. The largest absolute Gasteiger partial charge is 0.378 e. The first-order valence-corrected chi connectivity index (χ1v) is 7.19. The van der Waals surface area contributed by atoms with Crippen molar-refractivity contribution in [3.63, 3.8) is 0 Å². The first-order valence-electron chi connectivity index (χ1n) is 7.19. The molecule has 0 saturated carbocycles. The Bertz CT molecular complexity index is 236. The topological polar surface area (TPSA) is 24.9 Å². The summed E-state index contributed by atoms with van der Waals surface area (Å²) in [6.45, 7) is 7.99. The standard InChI is InChI=1S/C14H28N2O2/c1-11-7-17-9-13(15(11)3)5-6-14-10-18-8-12(2)16(14)4/h11-14H,5-10H2,1-4H3/t11-,12-,13-,14+/m0/s1. The molecule has 106 valence electrons. The maximum absolute atomic E-state index is 5.67. The molecule has 0 aromatic carbocycles. The quantitative estimate of drug-likeness (QED) is 0.758. The Morgan fingerprint density at radius 2 is 1.17 bits per heavy atom. The minimum atomic E-state index is 0.544. The molecule has 4 atom stereocenters. The lowest BCUT2D eigenvalue weighted by atomic mass is 10.0. The highest BCUT2D eigenvalue weighted by molar-refractivity contribution is 4.83. The summed E-state index contributed by atoms with van der Waals surface area (Å²) in [7, 11) is 4.45. The van der Waals surface area contributed by atoms with E-state index < -0.39 is 0 Å². The van der Waals surface area contributed by atoms with Crippen LogP contribution in [0.2, 0.25) is 0 Å². The van der Waals surface area contributed by atoms with Crippen LogP contribution in [0, 0.1) is 0 Å². The van der Waals surface area contributed by atoms with Gasteiger partial charge in [0.2, 0.25) is 0 Å². The number of ether oxygens (including phenoxy) is 2. The maximum atomic E-state index is 5.67. The fourth-order valence-electron chi connectivity index (χ4n) is 2.90. The number of nitrogens with zero attached hydrogens (tertiary/aromatic N) is 2. The van der Waals surface area contributed by atoms with E-state index in [1.165, 1.54) is 12.8 Å². The minimum Gasteiger partial charge on any atom is -0.378 e. The van der Waals surface area contributed by atoms with Gasteiger partial charge in [0.15, 0.2) is 0 Å². The van der Waals surface area contributed by atoms with Gasteiger partial charge >= 0.3 is 0 Å². The Morgan fingerprint density at radius 3 is 1.56 bits per heavy atom. The summed E-state index contributed by atoms with van der Waals surface area (Å²) in [6.07, 6.45) is 2.40. The van der Waals surface area contributed by atoms with Gasteiger partial charge in [-0.15, -0.1) is 0 Å². The first-order chi connectivity index (χ1) is 8.59. The molecule has 2 aliphatic heterocycles. The highest BCUT2D eigenvalue weighted by Gasteiger charge is 2.29. The number of rotatable bonds is 3. The Balaban J connectivity index is 1.80. The molecule has 2 heterocycles. The van der Waals surface area contributed by atoms with Gasteiger partial charge in [0, 0.05) is 24.2 Å². The van der Waals surface area contributed by atoms with E-state index in [9.17, 15) is 0 Å². The zero-order valence-corrected chi connectivity index (χ0v) is 12.3. The molecule has 0 unspecified atom stereocenters. The van der Waals surface area contributed by atoms with Crippen molar-refractivity contribution in [1.82, 2.24) is 9.80 Å². The third-order valence-electron chi connectivity index (χ3n) is 4.71. The molecular formula is C14H28N2O2. The number of hydrogen-bond acceptors (Lipinski definition) is 4. The molecular weight excluding hydrogens is 228 g/mol. The van der Waals surface area contributed by atoms with E-state index in [-0.39, 0.29) is 0 Å². The van der Waals surface area contributed by atoms with Crippen LogP contribution in [0.1, 0.15) is 26.7 Å². The minimum absolute atomic E-state index is 0.544. The molecule has 0 aliphatic carbocycles. The van der Waals surface area contributed by atoms with Crippen LogP contribution in [-0.2, 0) is 9.47 Å². The molecule has 0 radical (unpaired) electrons. The van der Waals surface area contributed by atoms with Gasteiger partial charge in [-0.05, 0) is 40.8 Å². The van der Waals surface area contributed by atoms with Crippen molar-refractivity contribution < 1.29 is 9.47 Å². The van der Waals surface area contributed by atoms with E-state index in [2.05, 4.69) is 37.7 Å². The Hall–Kier alpha value is -0.160. The molecule has 2 fully saturated rings. The van der Waals surface area contributed by atoms with E-state index in [0.29, 0.717) is 24.2 Å². The lowest BCUT2D eigenvalue weighted by Gasteiger charge is -2.41. The Kier molecular flexibility index (Phi) is 5.01. The van der Waals surface area contributed by atoms with Crippen LogP contribution in [0.4, 0.5) is 0 Å². The van der Waals surface area contributed by atoms with Gasteiger partial charge in [0.1, 0.15) is 0 Å². The second kappa shape index (κ2) is 6.33. The van der Waals surface area contributed by atoms with E-state index in [1.54, 1.807) is 0 Å². The number of morpholine rings is 2. The third-order valence-corrected chi connectivity index (χ3v) is 4.71. The highest BCUT2D eigenvalue weighted by atomic mass is 16.5. The molecule has 0 bridgehead atoms. The number of hydrogen-bond donors (Lipinski definition) is 0. The highest BCUT2D eigenvalue weighted by Crippen LogP contribution is 2.20. The molecule has 2 aliphatic rings. The van der Waals surface area contributed by atoms with Gasteiger partial charge in [-0.2, -0.15) is 0 Å². The van der Waals surface area contributed by atoms with Crippen LogP contribution in [0.5, 0.6) is 0 Å². The lowest BCUT2D eigenvalue weighted by molar-refractivity contribution is -0.0513. The van der Waals surface area contributed by atoms with Crippen molar-refractivity contribution in [3.8, 4) is 0 Å². The molecule has 4 nitrogen and oxygen atoms in total. The summed E-state index contributed by atoms with van der Waals surface area (Å²) in [4.78, 5) is 4.94. The van der Waals surface area contributed by atoms with Crippen LogP contribution >= 0.6 is 0 Å². The second-order valence-corrected chi connectivity index (χ2v) is 5.99. The van der Waals surface area contributed by atoms with Crippen LogP contribution in [0.15, 0.2) is 0 Å². The molecule has 0 spiro atoms. The molecule has 0 aromatic heterocycles. The van der Waals surface area contributed by atoms with E-state index in [1.807, 2.05) is 0 Å². The van der Waals surface area contributed by atoms with Crippen LogP contribution in [0.3, 0.4) is 0 Å². The Labute approximate surface area is 111 Å². The van der Waals surface area contributed by atoms with Crippen molar-refractivity contribution in [3.05, 3.63) is 0 Å². The van der Waals surface area contributed by atoms with Gasteiger partial charge in [-0.3, -0.25) is 9.80 Å². The van der Waals surface area contributed by atoms with Crippen molar-refractivity contribution in [1.29, 1.82) is 0 Å². The molecule has 2 saturated heterocycles. The summed E-state index contributed by atoms with van der Waals surface area (Å²) < 4.78 is 11.3. The normalized spacial score (nSPS) is 40.0.